The molecule has 0 atom stereocenters. The molecule has 1 amide bonds. The molecular weight excluding hydrogens is 576 g/mol. The molecular formula is C26H20Cl2N3NaO6S. The molecule has 0 unspecified atom stereocenters. The van der Waals surface area contributed by atoms with Gasteiger partial charge >= 0.3 is 29.6 Å². The van der Waals surface area contributed by atoms with E-state index in [1.165, 1.54) is 24.3 Å². The fourth-order valence-corrected chi connectivity index (χ4v) is 5.06. The standard InChI is InChI=1S/C26H21Cl2N3O6S.Na/c1-3-37-21-9-8-16(13-19(21)27)29-26(33)18-12-15-6-4-5-7-17(15)23(25(18)32)30-31-24-20(28)10-14(2)11-22(24)38(34,35)36;/h4-13,32H,3H2,1-2H3,(H,29,33)(H,34,35,36);/q;+1/p-1. The van der Waals surface area contributed by atoms with E-state index in [0.29, 0.717) is 34.4 Å². The molecule has 9 nitrogen and oxygen atoms in total. The third kappa shape index (κ3) is 6.90. The predicted octanol–water partition coefficient (Wildman–Crippen LogP) is 3.85. The Morgan fingerprint density at radius 2 is 1.72 bits per heavy atom. The Morgan fingerprint density at radius 3 is 2.38 bits per heavy atom. The number of rotatable bonds is 7. The first-order valence-corrected chi connectivity index (χ1v) is 13.3. The second kappa shape index (κ2) is 12.6. The minimum atomic E-state index is -4.70. The summed E-state index contributed by atoms with van der Waals surface area (Å²) < 4.78 is 38.9. The molecule has 0 spiro atoms. The molecule has 0 aliphatic rings. The van der Waals surface area contributed by atoms with Gasteiger partial charge in [-0.1, -0.05) is 53.2 Å². The summed E-state index contributed by atoms with van der Waals surface area (Å²) in [6, 6.07) is 15.4. The van der Waals surface area contributed by atoms with Crippen LogP contribution in [0.1, 0.15) is 22.8 Å². The molecule has 13 heteroatoms. The zero-order chi connectivity index (χ0) is 27.6. The Bertz CT molecular complexity index is 1710. The number of carbonyl (C=O) groups excluding carboxylic acids is 1. The maximum atomic E-state index is 13.4. The van der Waals surface area contributed by atoms with Crippen molar-refractivity contribution in [2.24, 2.45) is 10.2 Å². The van der Waals surface area contributed by atoms with Crippen LogP contribution in [0.25, 0.3) is 10.8 Å². The van der Waals surface area contributed by atoms with Crippen molar-refractivity contribution < 1.29 is 57.2 Å². The SMILES string of the molecule is CCOc1ccc(NC(=O)c2cc3ccccc3c(N=Nc3c(Cl)cc(C)cc3S(=O)(=O)O)c2[O-])cc1Cl.[Na+]. The van der Waals surface area contributed by atoms with Gasteiger partial charge in [-0.2, -0.15) is 13.5 Å². The minimum Gasteiger partial charge on any atom is -0.870 e. The summed E-state index contributed by atoms with van der Waals surface area (Å²) in [5, 5.41) is 25.0. The maximum absolute atomic E-state index is 13.4. The molecule has 0 fully saturated rings. The molecule has 0 aliphatic heterocycles. The van der Waals surface area contributed by atoms with Crippen molar-refractivity contribution in [3.8, 4) is 11.5 Å². The van der Waals surface area contributed by atoms with Crippen molar-refractivity contribution in [3.05, 3.63) is 81.8 Å². The van der Waals surface area contributed by atoms with E-state index in [1.54, 1.807) is 43.3 Å². The van der Waals surface area contributed by atoms with Crippen molar-refractivity contribution in [2.75, 3.05) is 11.9 Å². The van der Waals surface area contributed by atoms with Crippen molar-refractivity contribution in [1.29, 1.82) is 0 Å². The Hall–Kier alpha value is -2.70. The number of hydrogen-bond donors (Lipinski definition) is 2. The van der Waals surface area contributed by atoms with Gasteiger partial charge in [-0.25, -0.2) is 0 Å². The molecule has 4 aromatic carbocycles. The van der Waals surface area contributed by atoms with Gasteiger partial charge in [-0.15, -0.1) is 5.11 Å². The number of carbonyl (C=O) groups is 1. The van der Waals surface area contributed by atoms with Gasteiger partial charge in [0.1, 0.15) is 16.3 Å². The molecule has 0 aliphatic carbocycles. The van der Waals surface area contributed by atoms with Gasteiger partial charge in [-0.05, 0) is 61.2 Å². The summed E-state index contributed by atoms with van der Waals surface area (Å²) in [4.78, 5) is 12.5. The molecule has 0 bridgehead atoms. The Morgan fingerprint density at radius 1 is 1.03 bits per heavy atom. The Labute approximate surface area is 256 Å². The van der Waals surface area contributed by atoms with E-state index in [-0.39, 0.29) is 56.5 Å². The van der Waals surface area contributed by atoms with Crippen LogP contribution >= 0.6 is 23.2 Å². The molecule has 0 heterocycles. The van der Waals surface area contributed by atoms with Gasteiger partial charge in [0.05, 0.1) is 22.3 Å². The first kappa shape index (κ1) is 30.8. The number of aryl methyl sites for hydroxylation is 1. The fourth-order valence-electron chi connectivity index (χ4n) is 3.72. The number of halogens is 2. The third-order valence-corrected chi connectivity index (χ3v) is 6.86. The van der Waals surface area contributed by atoms with Crippen molar-refractivity contribution in [1.82, 2.24) is 0 Å². The number of hydrogen-bond acceptors (Lipinski definition) is 7. The Kier molecular flexibility index (Phi) is 10.0. The number of benzene rings is 4. The smallest absolute Gasteiger partial charge is 0.870 e. The summed E-state index contributed by atoms with van der Waals surface area (Å²) in [6.45, 7) is 3.82. The number of ether oxygens (including phenoxy) is 1. The van der Waals surface area contributed by atoms with Gasteiger partial charge < -0.3 is 15.2 Å². The molecule has 4 aromatic rings. The first-order valence-electron chi connectivity index (χ1n) is 11.2. The largest absolute Gasteiger partial charge is 1.00 e. The molecule has 0 aromatic heterocycles. The summed E-state index contributed by atoms with van der Waals surface area (Å²) in [7, 11) is -4.70. The number of nitrogens with one attached hydrogen (secondary N) is 1. The number of azo groups is 1. The van der Waals surface area contributed by atoms with Crippen molar-refractivity contribution in [2.45, 2.75) is 18.7 Å². The number of nitrogens with zero attached hydrogens (tertiary/aromatic N) is 2. The van der Waals surface area contributed by atoms with Crippen LogP contribution in [0.3, 0.4) is 0 Å². The van der Waals surface area contributed by atoms with Gasteiger partial charge in [0.2, 0.25) is 0 Å². The molecule has 39 heavy (non-hydrogen) atoms. The summed E-state index contributed by atoms with van der Waals surface area (Å²) in [5.41, 5.74) is 0.0127. The summed E-state index contributed by atoms with van der Waals surface area (Å²) >= 11 is 12.4. The zero-order valence-electron chi connectivity index (χ0n) is 21.0. The zero-order valence-corrected chi connectivity index (χ0v) is 25.4. The van der Waals surface area contributed by atoms with E-state index >= 15 is 0 Å². The van der Waals surface area contributed by atoms with E-state index in [2.05, 4.69) is 15.5 Å². The van der Waals surface area contributed by atoms with Crippen LogP contribution in [0.5, 0.6) is 11.5 Å². The monoisotopic (exact) mass is 595 g/mol. The summed E-state index contributed by atoms with van der Waals surface area (Å²) in [5.74, 6) is -1.02. The average molecular weight is 596 g/mol. The van der Waals surface area contributed by atoms with Gasteiger partial charge in [0.15, 0.2) is 0 Å². The van der Waals surface area contributed by atoms with Crippen LogP contribution in [0.15, 0.2) is 75.8 Å². The molecule has 2 N–H and O–H groups in total. The molecule has 196 valence electrons. The molecule has 0 saturated heterocycles. The van der Waals surface area contributed by atoms with Crippen LogP contribution in [0.4, 0.5) is 17.1 Å². The maximum Gasteiger partial charge on any atom is 1.00 e. The molecule has 0 saturated carbocycles. The van der Waals surface area contributed by atoms with Crippen LogP contribution in [-0.2, 0) is 10.1 Å². The topological polar surface area (TPSA) is 140 Å². The molecule has 4 rings (SSSR count). The number of amides is 1. The van der Waals surface area contributed by atoms with E-state index in [1.807, 2.05) is 6.92 Å². The van der Waals surface area contributed by atoms with Crippen LogP contribution in [0.2, 0.25) is 10.0 Å². The quantitative estimate of drug-likeness (QED) is 0.189. The third-order valence-electron chi connectivity index (χ3n) is 5.41. The second-order valence-corrected chi connectivity index (χ2v) is 10.3. The normalized spacial score (nSPS) is 11.4. The van der Waals surface area contributed by atoms with Crippen molar-refractivity contribution >= 4 is 67.1 Å². The number of fused-ring (bicyclic) bond motifs is 1. The van der Waals surface area contributed by atoms with Crippen LogP contribution in [0, 0.1) is 6.92 Å². The average Bonchev–Trinajstić information content (AvgIpc) is 2.85. The van der Waals surface area contributed by atoms with Gasteiger partial charge in [0.25, 0.3) is 16.0 Å². The van der Waals surface area contributed by atoms with Crippen molar-refractivity contribution in [3.63, 3.8) is 0 Å². The van der Waals surface area contributed by atoms with Gasteiger partial charge in [0, 0.05) is 16.6 Å². The Balaban J connectivity index is 0.00000420. The molecule has 0 radical (unpaired) electrons. The fraction of sp³-hybridized carbons (Fsp3) is 0.115. The van der Waals surface area contributed by atoms with E-state index in [4.69, 9.17) is 27.9 Å². The van der Waals surface area contributed by atoms with E-state index in [9.17, 15) is 22.9 Å². The predicted molar refractivity (Wildman–Crippen MR) is 144 cm³/mol. The summed E-state index contributed by atoms with van der Waals surface area (Å²) in [6.07, 6.45) is 0. The first-order chi connectivity index (χ1) is 18.0. The van der Waals surface area contributed by atoms with Crippen LogP contribution < -0.4 is 44.7 Å². The van der Waals surface area contributed by atoms with Crippen LogP contribution in [-0.4, -0.2) is 25.5 Å². The van der Waals surface area contributed by atoms with Gasteiger partial charge in [-0.3, -0.25) is 9.35 Å². The number of anilines is 1. The minimum absolute atomic E-state index is 0. The van der Waals surface area contributed by atoms with E-state index in [0.717, 1.165) is 0 Å². The van der Waals surface area contributed by atoms with E-state index < -0.39 is 26.7 Å². The second-order valence-electron chi connectivity index (χ2n) is 8.12.